The second-order valence-corrected chi connectivity index (χ2v) is 3.70. The summed E-state index contributed by atoms with van der Waals surface area (Å²) in [4.78, 5) is 29.8. The molecule has 0 bridgehead atoms. The molecule has 17 heavy (non-hydrogen) atoms. The summed E-state index contributed by atoms with van der Waals surface area (Å²) in [6.07, 6.45) is 4.27. The smallest absolute Gasteiger partial charge is 0.248 e. The lowest BCUT2D eigenvalue weighted by Crippen LogP contribution is -2.16. The number of hydrogen-bond donors (Lipinski definition) is 1. The molecule has 88 valence electrons. The van der Waals surface area contributed by atoms with Crippen LogP contribution in [0.5, 0.6) is 0 Å². The predicted molar refractivity (Wildman–Crippen MR) is 63.0 cm³/mol. The van der Waals surface area contributed by atoms with Crippen molar-refractivity contribution in [2.75, 3.05) is 0 Å². The van der Waals surface area contributed by atoms with Gasteiger partial charge in [0.05, 0.1) is 5.69 Å². The molecule has 0 spiro atoms. The molecule has 0 saturated heterocycles. The van der Waals surface area contributed by atoms with E-state index in [0.717, 1.165) is 13.0 Å². The minimum absolute atomic E-state index is 0.263. The van der Waals surface area contributed by atoms with E-state index in [2.05, 4.69) is 9.97 Å². The van der Waals surface area contributed by atoms with Gasteiger partial charge in [-0.2, -0.15) is 0 Å². The summed E-state index contributed by atoms with van der Waals surface area (Å²) >= 11 is 0. The van der Waals surface area contributed by atoms with Crippen molar-refractivity contribution in [3.8, 4) is 0 Å². The van der Waals surface area contributed by atoms with Crippen LogP contribution in [-0.2, 0) is 6.54 Å². The van der Waals surface area contributed by atoms with E-state index in [0.29, 0.717) is 5.82 Å². The highest BCUT2D eigenvalue weighted by Crippen LogP contribution is 2.05. The first-order valence-corrected chi connectivity index (χ1v) is 5.47. The molecule has 0 radical (unpaired) electrons. The van der Waals surface area contributed by atoms with Crippen molar-refractivity contribution in [1.29, 1.82) is 0 Å². The summed E-state index contributed by atoms with van der Waals surface area (Å²) in [5.41, 5.74) is -0.0227. The molecule has 5 heteroatoms. The maximum atomic E-state index is 12.1. The maximum absolute atomic E-state index is 12.1. The van der Waals surface area contributed by atoms with Crippen LogP contribution in [0.2, 0.25) is 0 Å². The lowest BCUT2D eigenvalue weighted by atomic mass is 10.2. The summed E-state index contributed by atoms with van der Waals surface area (Å²) in [6, 6.07) is 4.50. The SMILES string of the molecule is CCCn1ccnc1C(=O)c1cccc(=O)[nH]1. The van der Waals surface area contributed by atoms with E-state index in [-0.39, 0.29) is 17.0 Å². The van der Waals surface area contributed by atoms with E-state index in [1.165, 1.54) is 6.07 Å². The van der Waals surface area contributed by atoms with E-state index >= 15 is 0 Å². The maximum Gasteiger partial charge on any atom is 0.248 e. The van der Waals surface area contributed by atoms with Crippen molar-refractivity contribution in [1.82, 2.24) is 14.5 Å². The fourth-order valence-corrected chi connectivity index (χ4v) is 1.64. The number of pyridine rings is 1. The normalized spacial score (nSPS) is 10.4. The van der Waals surface area contributed by atoms with Gasteiger partial charge in [-0.1, -0.05) is 13.0 Å². The summed E-state index contributed by atoms with van der Waals surface area (Å²) < 4.78 is 1.79. The van der Waals surface area contributed by atoms with Crippen molar-refractivity contribution in [3.63, 3.8) is 0 Å². The lowest BCUT2D eigenvalue weighted by molar-refractivity contribution is 0.102. The third kappa shape index (κ3) is 2.33. The van der Waals surface area contributed by atoms with Crippen LogP contribution in [0.15, 0.2) is 35.4 Å². The molecule has 0 unspecified atom stereocenters. The average Bonchev–Trinajstić information content (AvgIpc) is 2.77. The number of rotatable bonds is 4. The Kier molecular flexibility index (Phi) is 3.18. The number of aryl methyl sites for hydroxylation is 1. The fraction of sp³-hybridized carbons (Fsp3) is 0.250. The zero-order chi connectivity index (χ0) is 12.3. The van der Waals surface area contributed by atoms with Crippen molar-refractivity contribution in [2.45, 2.75) is 19.9 Å². The number of aromatic amines is 1. The van der Waals surface area contributed by atoms with Crippen molar-refractivity contribution in [2.24, 2.45) is 0 Å². The minimum atomic E-state index is -0.288. The highest BCUT2D eigenvalue weighted by atomic mass is 16.1. The minimum Gasteiger partial charge on any atom is -0.328 e. The molecular weight excluding hydrogens is 218 g/mol. The largest absolute Gasteiger partial charge is 0.328 e. The number of nitrogens with zero attached hydrogens (tertiary/aromatic N) is 2. The van der Waals surface area contributed by atoms with Crippen molar-refractivity contribution >= 4 is 5.78 Å². The number of imidazole rings is 1. The van der Waals surface area contributed by atoms with Crippen LogP contribution in [0, 0.1) is 0 Å². The van der Waals surface area contributed by atoms with E-state index < -0.39 is 0 Å². The van der Waals surface area contributed by atoms with Crippen LogP contribution in [-0.4, -0.2) is 20.3 Å². The molecule has 0 aromatic carbocycles. The Morgan fingerprint density at radius 2 is 2.29 bits per heavy atom. The average molecular weight is 231 g/mol. The molecule has 0 fully saturated rings. The first-order chi connectivity index (χ1) is 8.22. The Balaban J connectivity index is 2.37. The van der Waals surface area contributed by atoms with Crippen LogP contribution in [0.25, 0.3) is 0 Å². The molecular formula is C12H13N3O2. The quantitative estimate of drug-likeness (QED) is 0.804. The zero-order valence-electron chi connectivity index (χ0n) is 9.51. The van der Waals surface area contributed by atoms with E-state index in [9.17, 15) is 9.59 Å². The molecule has 2 heterocycles. The number of aromatic nitrogens is 3. The molecule has 0 atom stereocenters. The third-order valence-electron chi connectivity index (χ3n) is 2.40. The summed E-state index contributed by atoms with van der Waals surface area (Å²) in [7, 11) is 0. The molecule has 0 aliphatic carbocycles. The van der Waals surface area contributed by atoms with Crippen molar-refractivity contribution < 1.29 is 4.79 Å². The lowest BCUT2D eigenvalue weighted by Gasteiger charge is -2.04. The van der Waals surface area contributed by atoms with Gasteiger partial charge in [-0.05, 0) is 12.5 Å². The Morgan fingerprint density at radius 3 is 3.00 bits per heavy atom. The van der Waals surface area contributed by atoms with Gasteiger partial charge in [0, 0.05) is 25.0 Å². The fourth-order valence-electron chi connectivity index (χ4n) is 1.64. The van der Waals surface area contributed by atoms with E-state index in [4.69, 9.17) is 0 Å². The van der Waals surface area contributed by atoms with Crippen LogP contribution < -0.4 is 5.56 Å². The number of hydrogen-bond acceptors (Lipinski definition) is 3. The third-order valence-corrected chi connectivity index (χ3v) is 2.40. The molecule has 1 N–H and O–H groups in total. The van der Waals surface area contributed by atoms with Crippen LogP contribution in [0.4, 0.5) is 0 Å². The Hall–Kier alpha value is -2.17. The molecule has 5 nitrogen and oxygen atoms in total. The Morgan fingerprint density at radius 1 is 1.47 bits per heavy atom. The van der Waals surface area contributed by atoms with Gasteiger partial charge in [-0.25, -0.2) is 4.98 Å². The van der Waals surface area contributed by atoms with Gasteiger partial charge in [0.2, 0.25) is 11.3 Å². The molecule has 0 aliphatic rings. The topological polar surface area (TPSA) is 67.8 Å². The van der Waals surface area contributed by atoms with Gasteiger partial charge in [-0.3, -0.25) is 9.59 Å². The Labute approximate surface area is 98.1 Å². The highest BCUT2D eigenvalue weighted by Gasteiger charge is 2.15. The first-order valence-electron chi connectivity index (χ1n) is 5.47. The monoisotopic (exact) mass is 231 g/mol. The highest BCUT2D eigenvalue weighted by molar-refractivity contribution is 6.05. The van der Waals surface area contributed by atoms with Crippen LogP contribution >= 0.6 is 0 Å². The second kappa shape index (κ2) is 4.78. The van der Waals surface area contributed by atoms with Gasteiger partial charge in [0.15, 0.2) is 5.82 Å². The summed E-state index contributed by atoms with van der Waals surface area (Å²) in [5, 5.41) is 0. The zero-order valence-corrected chi connectivity index (χ0v) is 9.51. The molecule has 0 aliphatic heterocycles. The number of carbonyl (C=O) groups is 1. The molecule has 2 aromatic rings. The number of nitrogens with one attached hydrogen (secondary N) is 1. The van der Waals surface area contributed by atoms with Crippen LogP contribution in [0.3, 0.4) is 0 Å². The number of H-pyrrole nitrogens is 1. The molecule has 0 saturated carbocycles. The predicted octanol–water partition coefficient (Wildman–Crippen LogP) is 1.21. The van der Waals surface area contributed by atoms with Gasteiger partial charge in [0.1, 0.15) is 0 Å². The van der Waals surface area contributed by atoms with Gasteiger partial charge in [-0.15, -0.1) is 0 Å². The van der Waals surface area contributed by atoms with Gasteiger partial charge in [0.25, 0.3) is 0 Å². The molecule has 2 rings (SSSR count). The second-order valence-electron chi connectivity index (χ2n) is 3.70. The number of ketones is 1. The van der Waals surface area contributed by atoms with E-state index in [1.54, 1.807) is 29.1 Å². The Bertz CT molecular complexity index is 583. The summed E-state index contributed by atoms with van der Waals surface area (Å²) in [5.74, 6) is 0.0925. The van der Waals surface area contributed by atoms with Gasteiger partial charge < -0.3 is 9.55 Å². The van der Waals surface area contributed by atoms with Crippen molar-refractivity contribution in [3.05, 3.63) is 52.5 Å². The first kappa shape index (κ1) is 11.3. The van der Waals surface area contributed by atoms with Gasteiger partial charge >= 0.3 is 0 Å². The number of carbonyl (C=O) groups excluding carboxylic acids is 1. The standard InChI is InChI=1S/C12H13N3O2/c1-2-7-15-8-6-13-12(15)11(17)9-4-3-5-10(16)14-9/h3-6,8H,2,7H2,1H3,(H,14,16). The molecule has 0 amide bonds. The van der Waals surface area contributed by atoms with Crippen LogP contribution in [0.1, 0.15) is 29.7 Å². The summed E-state index contributed by atoms with van der Waals surface area (Å²) in [6.45, 7) is 2.76. The van der Waals surface area contributed by atoms with E-state index in [1.807, 2.05) is 6.92 Å². The molecule has 2 aromatic heterocycles.